The summed E-state index contributed by atoms with van der Waals surface area (Å²) in [6.45, 7) is 12.0. The third-order valence-electron chi connectivity index (χ3n) is 4.08. The first kappa shape index (κ1) is 18.3. The smallest absolute Gasteiger partial charge is 0.407 e. The standard InChI is InChI=1S/C17H34N2O2/c1-6-15(19-16(20)21-17(3,4)5)12-18-11-14-9-7-8-13(2)10-14/h13-15,18H,6-12H2,1-5H3,(H,19,20). The summed E-state index contributed by atoms with van der Waals surface area (Å²) in [4.78, 5) is 11.8. The molecule has 0 bridgehead atoms. The Bertz CT molecular complexity index is 312. The van der Waals surface area contributed by atoms with Gasteiger partial charge in [-0.3, -0.25) is 0 Å². The van der Waals surface area contributed by atoms with Crippen molar-refractivity contribution in [3.8, 4) is 0 Å². The lowest BCUT2D eigenvalue weighted by Gasteiger charge is -2.28. The second-order valence-electron chi connectivity index (χ2n) is 7.55. The van der Waals surface area contributed by atoms with E-state index >= 15 is 0 Å². The molecule has 4 heteroatoms. The number of carbonyl (C=O) groups excluding carboxylic acids is 1. The molecule has 1 fully saturated rings. The van der Waals surface area contributed by atoms with E-state index in [0.29, 0.717) is 0 Å². The van der Waals surface area contributed by atoms with Crippen LogP contribution in [0.1, 0.15) is 66.7 Å². The summed E-state index contributed by atoms with van der Waals surface area (Å²) in [6, 6.07) is 0.140. The highest BCUT2D eigenvalue weighted by Gasteiger charge is 2.20. The van der Waals surface area contributed by atoms with Gasteiger partial charge < -0.3 is 15.4 Å². The van der Waals surface area contributed by atoms with E-state index < -0.39 is 5.60 Å². The molecule has 21 heavy (non-hydrogen) atoms. The number of hydrogen-bond acceptors (Lipinski definition) is 3. The van der Waals surface area contributed by atoms with Crippen molar-refractivity contribution in [1.29, 1.82) is 0 Å². The van der Waals surface area contributed by atoms with E-state index in [2.05, 4.69) is 24.5 Å². The summed E-state index contributed by atoms with van der Waals surface area (Å²) in [5, 5.41) is 6.47. The molecule has 0 aromatic carbocycles. The quantitative estimate of drug-likeness (QED) is 0.786. The van der Waals surface area contributed by atoms with Crippen LogP contribution in [0.2, 0.25) is 0 Å². The summed E-state index contributed by atoms with van der Waals surface area (Å²) in [5.41, 5.74) is -0.436. The summed E-state index contributed by atoms with van der Waals surface area (Å²) in [5.74, 6) is 1.67. The Balaban J connectivity index is 2.23. The molecule has 3 unspecified atom stereocenters. The Morgan fingerprint density at radius 1 is 1.33 bits per heavy atom. The van der Waals surface area contributed by atoms with Crippen LogP contribution in [0.4, 0.5) is 4.79 Å². The van der Waals surface area contributed by atoms with Crippen molar-refractivity contribution in [2.45, 2.75) is 78.4 Å². The molecule has 1 rings (SSSR count). The first-order chi connectivity index (χ1) is 9.80. The predicted molar refractivity (Wildman–Crippen MR) is 87.4 cm³/mol. The minimum absolute atomic E-state index is 0.140. The van der Waals surface area contributed by atoms with Crippen LogP contribution in [0.5, 0.6) is 0 Å². The second-order valence-corrected chi connectivity index (χ2v) is 7.55. The van der Waals surface area contributed by atoms with Gasteiger partial charge >= 0.3 is 6.09 Å². The number of alkyl carbamates (subject to hydrolysis) is 1. The predicted octanol–water partition coefficient (Wildman–Crippen LogP) is 3.71. The van der Waals surface area contributed by atoms with Gasteiger partial charge in [0.15, 0.2) is 0 Å². The van der Waals surface area contributed by atoms with Crippen molar-refractivity contribution in [3.05, 3.63) is 0 Å². The molecule has 0 saturated heterocycles. The molecule has 0 aromatic rings. The topological polar surface area (TPSA) is 50.4 Å². The van der Waals surface area contributed by atoms with Crippen LogP contribution in [0, 0.1) is 11.8 Å². The highest BCUT2D eigenvalue weighted by atomic mass is 16.6. The van der Waals surface area contributed by atoms with Crippen LogP contribution < -0.4 is 10.6 Å². The van der Waals surface area contributed by atoms with Gasteiger partial charge in [0.25, 0.3) is 0 Å². The van der Waals surface area contributed by atoms with Crippen LogP contribution >= 0.6 is 0 Å². The third-order valence-corrected chi connectivity index (χ3v) is 4.08. The van der Waals surface area contributed by atoms with Gasteiger partial charge in [0, 0.05) is 12.6 Å². The normalized spacial score (nSPS) is 24.4. The van der Waals surface area contributed by atoms with E-state index in [4.69, 9.17) is 4.74 Å². The Kier molecular flexibility index (Phi) is 7.50. The maximum absolute atomic E-state index is 11.8. The van der Waals surface area contributed by atoms with E-state index in [1.807, 2.05) is 20.8 Å². The molecule has 3 atom stereocenters. The molecular weight excluding hydrogens is 264 g/mol. The zero-order valence-electron chi connectivity index (χ0n) is 14.5. The van der Waals surface area contributed by atoms with Crippen molar-refractivity contribution in [2.24, 2.45) is 11.8 Å². The Morgan fingerprint density at radius 3 is 2.62 bits per heavy atom. The van der Waals surface area contributed by atoms with Gasteiger partial charge in [0.05, 0.1) is 0 Å². The number of rotatable bonds is 6. The highest BCUT2D eigenvalue weighted by Crippen LogP contribution is 2.27. The van der Waals surface area contributed by atoms with Crippen molar-refractivity contribution in [2.75, 3.05) is 13.1 Å². The minimum atomic E-state index is -0.436. The lowest BCUT2D eigenvalue weighted by atomic mass is 9.82. The fourth-order valence-corrected chi connectivity index (χ4v) is 2.98. The molecule has 2 N–H and O–H groups in total. The van der Waals surface area contributed by atoms with Gasteiger partial charge in [-0.15, -0.1) is 0 Å². The zero-order valence-corrected chi connectivity index (χ0v) is 14.5. The van der Waals surface area contributed by atoms with E-state index in [0.717, 1.165) is 31.3 Å². The van der Waals surface area contributed by atoms with Gasteiger partial charge in [-0.2, -0.15) is 0 Å². The van der Waals surface area contributed by atoms with Gasteiger partial charge in [-0.1, -0.05) is 26.7 Å². The average molecular weight is 298 g/mol. The number of carbonyl (C=O) groups is 1. The fraction of sp³-hybridized carbons (Fsp3) is 0.941. The molecule has 0 spiro atoms. The maximum Gasteiger partial charge on any atom is 0.407 e. The van der Waals surface area contributed by atoms with Crippen molar-refractivity contribution < 1.29 is 9.53 Å². The molecule has 0 aromatic heterocycles. The van der Waals surface area contributed by atoms with Crippen molar-refractivity contribution in [1.82, 2.24) is 10.6 Å². The average Bonchev–Trinajstić information content (AvgIpc) is 2.35. The largest absolute Gasteiger partial charge is 0.444 e. The molecule has 0 aliphatic heterocycles. The number of ether oxygens (including phenoxy) is 1. The molecule has 4 nitrogen and oxygen atoms in total. The summed E-state index contributed by atoms with van der Waals surface area (Å²) in [6.07, 6.45) is 6.02. The van der Waals surface area contributed by atoms with Gasteiger partial charge in [-0.25, -0.2) is 4.79 Å². The number of amides is 1. The third kappa shape index (κ3) is 8.30. The monoisotopic (exact) mass is 298 g/mol. The van der Waals surface area contributed by atoms with Crippen molar-refractivity contribution >= 4 is 6.09 Å². The minimum Gasteiger partial charge on any atom is -0.444 e. The molecule has 0 radical (unpaired) electrons. The molecular formula is C17H34N2O2. The van der Waals surface area contributed by atoms with Crippen LogP contribution in [-0.2, 0) is 4.74 Å². The van der Waals surface area contributed by atoms with E-state index in [1.54, 1.807) is 0 Å². The Labute approximate surface area is 130 Å². The van der Waals surface area contributed by atoms with E-state index in [-0.39, 0.29) is 12.1 Å². The summed E-state index contributed by atoms with van der Waals surface area (Å²) >= 11 is 0. The van der Waals surface area contributed by atoms with Crippen molar-refractivity contribution in [3.63, 3.8) is 0 Å². The second kappa shape index (κ2) is 8.62. The molecule has 1 saturated carbocycles. The SMILES string of the molecule is CCC(CNCC1CCCC(C)C1)NC(=O)OC(C)(C)C. The maximum atomic E-state index is 11.8. The number of nitrogens with one attached hydrogen (secondary N) is 2. The Hall–Kier alpha value is -0.770. The molecule has 1 amide bonds. The van der Waals surface area contributed by atoms with Gasteiger partial charge in [0.2, 0.25) is 0 Å². The van der Waals surface area contributed by atoms with E-state index in [9.17, 15) is 4.79 Å². The highest BCUT2D eigenvalue weighted by molar-refractivity contribution is 5.68. The van der Waals surface area contributed by atoms with Crippen LogP contribution in [0.15, 0.2) is 0 Å². The number of hydrogen-bond donors (Lipinski definition) is 2. The lowest BCUT2D eigenvalue weighted by Crippen LogP contribution is -2.44. The summed E-state index contributed by atoms with van der Waals surface area (Å²) in [7, 11) is 0. The lowest BCUT2D eigenvalue weighted by molar-refractivity contribution is 0.0502. The summed E-state index contributed by atoms with van der Waals surface area (Å²) < 4.78 is 5.30. The van der Waals surface area contributed by atoms with Gasteiger partial charge in [0.1, 0.15) is 5.60 Å². The molecule has 1 aliphatic carbocycles. The fourth-order valence-electron chi connectivity index (χ4n) is 2.98. The molecule has 124 valence electrons. The first-order valence-corrected chi connectivity index (χ1v) is 8.50. The molecule has 1 aliphatic rings. The van der Waals surface area contributed by atoms with Crippen LogP contribution in [0.25, 0.3) is 0 Å². The van der Waals surface area contributed by atoms with Gasteiger partial charge in [-0.05, 0) is 58.4 Å². The van der Waals surface area contributed by atoms with Crippen LogP contribution in [-0.4, -0.2) is 30.8 Å². The van der Waals surface area contributed by atoms with Crippen LogP contribution in [0.3, 0.4) is 0 Å². The zero-order chi connectivity index (χ0) is 15.9. The Morgan fingerprint density at radius 2 is 2.05 bits per heavy atom. The first-order valence-electron chi connectivity index (χ1n) is 8.50. The molecule has 0 heterocycles. The van der Waals surface area contributed by atoms with E-state index in [1.165, 1.54) is 25.7 Å².